The lowest BCUT2D eigenvalue weighted by molar-refractivity contribution is -0.274. The molecule has 0 bridgehead atoms. The van der Waals surface area contributed by atoms with Gasteiger partial charge in [-0.05, 0) is 53.8 Å². The van der Waals surface area contributed by atoms with Crippen molar-refractivity contribution in [2.24, 2.45) is 4.99 Å². The summed E-state index contributed by atoms with van der Waals surface area (Å²) in [5.41, 5.74) is 4.47. The van der Waals surface area contributed by atoms with E-state index in [0.717, 1.165) is 35.5 Å². The van der Waals surface area contributed by atoms with Crippen molar-refractivity contribution in [3.8, 4) is 22.8 Å². The molecule has 0 aliphatic carbocycles. The Kier molecular flexibility index (Phi) is 8.81. The summed E-state index contributed by atoms with van der Waals surface area (Å²) in [6.45, 7) is 5.43. The van der Waals surface area contributed by atoms with E-state index in [1.165, 1.54) is 40.8 Å². The van der Waals surface area contributed by atoms with Gasteiger partial charge in [-0.2, -0.15) is 4.99 Å². The molecule has 8 nitrogen and oxygen atoms in total. The average Bonchev–Trinajstić information content (AvgIpc) is 3.47. The molecule has 1 aromatic heterocycles. The summed E-state index contributed by atoms with van der Waals surface area (Å²) in [4.78, 5) is 23.6. The van der Waals surface area contributed by atoms with Gasteiger partial charge in [0.1, 0.15) is 12.1 Å². The zero-order chi connectivity index (χ0) is 29.7. The number of amidine groups is 1. The van der Waals surface area contributed by atoms with E-state index >= 15 is 0 Å². The van der Waals surface area contributed by atoms with Crippen LogP contribution in [0.25, 0.3) is 17.1 Å². The molecule has 1 aliphatic rings. The second-order valence-corrected chi connectivity index (χ2v) is 10.9. The first-order valence-corrected chi connectivity index (χ1v) is 14.4. The fraction of sp³-hybridized carbons (Fsp3) is 0.267. The highest BCUT2D eigenvalue weighted by molar-refractivity contribution is 8.14. The fourth-order valence-electron chi connectivity index (χ4n) is 4.49. The number of alkyl halides is 3. The number of anilines is 1. The molecule has 1 fully saturated rings. The van der Waals surface area contributed by atoms with Gasteiger partial charge in [-0.15, -0.1) is 18.3 Å². The number of urea groups is 1. The molecule has 4 aromatic rings. The standard InChI is InChI=1S/C30H29F3N6O2S/c1-20(2)25-6-3-4-7-26(25)38-16-5-17-42-29(38)36-28(40)34-18-21-8-10-22(11-9-21)27-35-19-39(37-27)23-12-14-24(15-13-23)41-30(31,32)33/h3-4,6-15,19-20H,5,16-18H2,1-2H3,(H,34,40). The molecular weight excluding hydrogens is 565 g/mol. The quantitative estimate of drug-likeness (QED) is 0.244. The van der Waals surface area contributed by atoms with E-state index in [2.05, 4.69) is 56.0 Å². The summed E-state index contributed by atoms with van der Waals surface area (Å²) in [5.74, 6) is 1.40. The van der Waals surface area contributed by atoms with Gasteiger partial charge in [0.25, 0.3) is 0 Å². The maximum atomic E-state index is 12.8. The van der Waals surface area contributed by atoms with Crippen LogP contribution in [-0.4, -0.2) is 44.6 Å². The smallest absolute Gasteiger partial charge is 0.406 e. The molecule has 5 rings (SSSR count). The Morgan fingerprint density at radius 1 is 1.07 bits per heavy atom. The zero-order valence-electron chi connectivity index (χ0n) is 23.0. The molecule has 1 N–H and O–H groups in total. The Labute approximate surface area is 245 Å². The first-order valence-electron chi connectivity index (χ1n) is 13.4. The maximum Gasteiger partial charge on any atom is 0.573 e. The third-order valence-corrected chi connectivity index (χ3v) is 7.58. The third-order valence-electron chi connectivity index (χ3n) is 6.52. The lowest BCUT2D eigenvalue weighted by atomic mass is 10.0. The van der Waals surface area contributed by atoms with E-state index in [1.807, 2.05) is 36.4 Å². The number of carbonyl (C=O) groups is 1. The van der Waals surface area contributed by atoms with Gasteiger partial charge in [-0.3, -0.25) is 0 Å². The number of hydrogen-bond acceptors (Lipinski definition) is 5. The van der Waals surface area contributed by atoms with Crippen LogP contribution in [0.1, 0.15) is 37.3 Å². The fourth-order valence-corrected chi connectivity index (χ4v) is 5.44. The number of thioether (sulfide) groups is 1. The van der Waals surface area contributed by atoms with Gasteiger partial charge in [-0.25, -0.2) is 14.5 Å². The van der Waals surface area contributed by atoms with Gasteiger partial charge < -0.3 is 15.0 Å². The van der Waals surface area contributed by atoms with Gasteiger partial charge >= 0.3 is 12.4 Å². The maximum absolute atomic E-state index is 12.8. The lowest BCUT2D eigenvalue weighted by Gasteiger charge is -2.31. The van der Waals surface area contributed by atoms with Crippen LogP contribution in [0.3, 0.4) is 0 Å². The number of rotatable bonds is 7. The molecule has 3 aromatic carbocycles. The van der Waals surface area contributed by atoms with E-state index < -0.39 is 12.4 Å². The van der Waals surface area contributed by atoms with E-state index in [4.69, 9.17) is 0 Å². The van der Waals surface area contributed by atoms with Gasteiger partial charge in [0.05, 0.1) is 5.69 Å². The number of aromatic nitrogens is 3. The van der Waals surface area contributed by atoms with Gasteiger partial charge in [0, 0.05) is 30.1 Å². The second kappa shape index (κ2) is 12.7. The number of benzene rings is 3. The third kappa shape index (κ3) is 7.30. The highest BCUT2D eigenvalue weighted by atomic mass is 32.2. The number of carbonyl (C=O) groups excluding carboxylic acids is 1. The topological polar surface area (TPSA) is 84.6 Å². The highest BCUT2D eigenvalue weighted by Crippen LogP contribution is 2.32. The summed E-state index contributed by atoms with van der Waals surface area (Å²) < 4.78 is 42.6. The summed E-state index contributed by atoms with van der Waals surface area (Å²) in [7, 11) is 0. The van der Waals surface area contributed by atoms with Crippen molar-refractivity contribution < 1.29 is 22.7 Å². The van der Waals surface area contributed by atoms with E-state index in [9.17, 15) is 18.0 Å². The predicted molar refractivity (Wildman–Crippen MR) is 158 cm³/mol. The minimum atomic E-state index is -4.75. The number of ether oxygens (including phenoxy) is 1. The van der Waals surface area contributed by atoms with E-state index in [-0.39, 0.29) is 5.75 Å². The SMILES string of the molecule is CC(C)c1ccccc1N1CCCSC1=NC(=O)NCc1ccc(-c2ncn(-c3ccc(OC(F)(F)F)cc3)n2)cc1. The van der Waals surface area contributed by atoms with Crippen LogP contribution in [0.4, 0.5) is 23.7 Å². The van der Waals surface area contributed by atoms with Crippen molar-refractivity contribution >= 4 is 28.6 Å². The van der Waals surface area contributed by atoms with Crippen molar-refractivity contribution in [1.82, 2.24) is 20.1 Å². The molecule has 12 heteroatoms. The van der Waals surface area contributed by atoms with Crippen LogP contribution in [0, 0.1) is 0 Å². The monoisotopic (exact) mass is 594 g/mol. The minimum Gasteiger partial charge on any atom is -0.406 e. The number of nitrogens with one attached hydrogen (secondary N) is 1. The van der Waals surface area contributed by atoms with Crippen LogP contribution in [0.2, 0.25) is 0 Å². The first kappa shape index (κ1) is 29.2. The predicted octanol–water partition coefficient (Wildman–Crippen LogP) is 7.17. The molecule has 0 atom stereocenters. The van der Waals surface area contributed by atoms with Crippen molar-refractivity contribution in [3.05, 3.63) is 90.3 Å². The van der Waals surface area contributed by atoms with Gasteiger partial charge in [0.2, 0.25) is 0 Å². The molecule has 218 valence electrons. The molecular formula is C30H29F3N6O2S. The number of para-hydroxylation sites is 1. The molecule has 42 heavy (non-hydrogen) atoms. The lowest BCUT2D eigenvalue weighted by Crippen LogP contribution is -2.36. The van der Waals surface area contributed by atoms with Crippen LogP contribution in [0.5, 0.6) is 5.75 Å². The van der Waals surface area contributed by atoms with Crippen LogP contribution < -0.4 is 15.0 Å². The van der Waals surface area contributed by atoms with E-state index in [1.54, 1.807) is 11.8 Å². The van der Waals surface area contributed by atoms with Crippen molar-refractivity contribution in [2.45, 2.75) is 39.1 Å². The Morgan fingerprint density at radius 2 is 1.81 bits per heavy atom. The summed E-state index contributed by atoms with van der Waals surface area (Å²) >= 11 is 1.59. The highest BCUT2D eigenvalue weighted by Gasteiger charge is 2.31. The Morgan fingerprint density at radius 3 is 2.52 bits per heavy atom. The normalized spacial score (nSPS) is 14.8. The summed E-state index contributed by atoms with van der Waals surface area (Å²) in [6, 6.07) is 20.6. The summed E-state index contributed by atoms with van der Waals surface area (Å²) in [6.07, 6.45) is -2.25. The molecule has 2 amide bonds. The largest absolute Gasteiger partial charge is 0.573 e. The summed E-state index contributed by atoms with van der Waals surface area (Å²) in [5, 5.41) is 8.00. The molecule has 0 spiro atoms. The molecule has 0 unspecified atom stereocenters. The molecule has 2 heterocycles. The number of hydrogen-bond donors (Lipinski definition) is 1. The molecule has 1 aliphatic heterocycles. The molecule has 1 saturated heterocycles. The Balaban J connectivity index is 1.20. The van der Waals surface area contributed by atoms with E-state index in [0.29, 0.717) is 29.1 Å². The number of halogens is 3. The van der Waals surface area contributed by atoms with Crippen LogP contribution in [0.15, 0.2) is 84.1 Å². The average molecular weight is 595 g/mol. The molecule has 0 saturated carbocycles. The van der Waals surface area contributed by atoms with Gasteiger partial charge in [0.15, 0.2) is 11.0 Å². The van der Waals surface area contributed by atoms with Crippen LogP contribution >= 0.6 is 11.8 Å². The van der Waals surface area contributed by atoms with Crippen molar-refractivity contribution in [2.75, 3.05) is 17.2 Å². The van der Waals surface area contributed by atoms with Crippen molar-refractivity contribution in [3.63, 3.8) is 0 Å². The Bertz CT molecular complexity index is 1550. The minimum absolute atomic E-state index is 0.303. The Hall–Kier alpha value is -4.32. The first-order chi connectivity index (χ1) is 20.2. The number of nitrogens with zero attached hydrogens (tertiary/aromatic N) is 5. The second-order valence-electron chi connectivity index (χ2n) is 9.87. The van der Waals surface area contributed by atoms with Crippen molar-refractivity contribution in [1.29, 1.82) is 0 Å². The van der Waals surface area contributed by atoms with Gasteiger partial charge in [-0.1, -0.05) is 68.1 Å². The number of amides is 2. The van der Waals surface area contributed by atoms with Crippen LogP contribution in [-0.2, 0) is 6.54 Å². The number of aliphatic imine (C=N–C) groups is 1. The molecule has 0 radical (unpaired) electrons. The zero-order valence-corrected chi connectivity index (χ0v) is 23.8.